The summed E-state index contributed by atoms with van der Waals surface area (Å²) in [5.74, 6) is -1.33. The molecule has 7 nitrogen and oxygen atoms in total. The molecule has 0 fully saturated rings. The van der Waals surface area contributed by atoms with Crippen molar-refractivity contribution in [1.82, 2.24) is 5.43 Å². The van der Waals surface area contributed by atoms with Crippen molar-refractivity contribution >= 4 is 38.0 Å². The Labute approximate surface area is 119 Å². The lowest BCUT2D eigenvalue weighted by molar-refractivity contribution is 0.0692. The van der Waals surface area contributed by atoms with Crippen molar-refractivity contribution in [1.29, 1.82) is 0 Å². The minimum atomic E-state index is -4.13. The molecule has 2 rings (SSSR count). The van der Waals surface area contributed by atoms with Gasteiger partial charge < -0.3 is 5.11 Å². The Morgan fingerprint density at radius 1 is 1.40 bits per heavy atom. The summed E-state index contributed by atoms with van der Waals surface area (Å²) in [6.45, 7) is 1.86. The fraction of sp³-hybridized carbons (Fsp3) is 0.182. The maximum Gasteiger partial charge on any atom is 0.337 e. The smallest absolute Gasteiger partial charge is 0.337 e. The predicted octanol–water partition coefficient (Wildman–Crippen LogP) is 1.50. The van der Waals surface area contributed by atoms with E-state index in [4.69, 9.17) is 5.11 Å². The van der Waals surface area contributed by atoms with Gasteiger partial charge in [-0.15, -0.1) is 14.9 Å². The molecule has 1 N–H and O–H groups in total. The number of amidine groups is 1. The average Bonchev–Trinajstić information content (AvgIpc) is 2.85. The number of hydrogen-bond acceptors (Lipinski definition) is 5. The van der Waals surface area contributed by atoms with Crippen LogP contribution in [0.3, 0.4) is 0 Å². The van der Waals surface area contributed by atoms with Gasteiger partial charge in [0.1, 0.15) is 9.94 Å². The molecular weight excluding hydrogens is 302 g/mol. The first kappa shape index (κ1) is 14.5. The van der Waals surface area contributed by atoms with Crippen molar-refractivity contribution in [3.63, 3.8) is 0 Å². The number of carboxylic acids is 1. The van der Waals surface area contributed by atoms with E-state index in [2.05, 4.69) is 14.9 Å². The Balaban J connectivity index is 2.38. The van der Waals surface area contributed by atoms with Crippen LogP contribution in [-0.4, -0.2) is 29.7 Å². The molecule has 0 spiro atoms. The molecule has 1 aromatic rings. The number of aromatic carboxylic acids is 1. The number of carboxylic acid groups (broad SMARTS) is 1. The van der Waals surface area contributed by atoms with Gasteiger partial charge >= 0.3 is 5.97 Å². The number of nitrogens with zero attached hydrogens (tertiary/aromatic N) is 3. The molecule has 0 bridgehead atoms. The lowest BCUT2D eigenvalue weighted by Crippen LogP contribution is -2.10. The summed E-state index contributed by atoms with van der Waals surface area (Å²) >= 11 is 1.05. The molecule has 1 heterocycles. The number of sulfonamides is 1. The average molecular weight is 312 g/mol. The molecule has 20 heavy (non-hydrogen) atoms. The van der Waals surface area contributed by atoms with E-state index in [1.54, 1.807) is 0 Å². The molecule has 1 aliphatic rings. The number of hydrogen-bond donors (Lipinski definition) is 1. The van der Waals surface area contributed by atoms with Crippen molar-refractivity contribution in [2.24, 2.45) is 9.50 Å². The topological polar surface area (TPSA) is 110 Å². The number of thioether (sulfide) groups is 1. The van der Waals surface area contributed by atoms with E-state index >= 15 is 0 Å². The van der Waals surface area contributed by atoms with E-state index in [9.17, 15) is 13.2 Å². The highest BCUT2D eigenvalue weighted by atomic mass is 32.2. The lowest BCUT2D eigenvalue weighted by Gasteiger charge is -2.03. The minimum Gasteiger partial charge on any atom is -0.478 e. The molecule has 0 amide bonds. The van der Waals surface area contributed by atoms with Gasteiger partial charge in [-0.3, -0.25) is 0 Å². The van der Waals surface area contributed by atoms with Crippen molar-refractivity contribution in [2.45, 2.75) is 18.2 Å². The lowest BCUT2D eigenvalue weighted by atomic mass is 10.2. The zero-order valence-corrected chi connectivity index (χ0v) is 12.0. The first-order valence-electron chi connectivity index (χ1n) is 5.56. The SMILES string of the molecule is CCC1=N[N]C(=NS(=O)(=O)c2ccccc2C(=O)O)S1. The van der Waals surface area contributed by atoms with E-state index in [0.717, 1.165) is 11.8 Å². The van der Waals surface area contributed by atoms with Gasteiger partial charge in [0.25, 0.3) is 10.0 Å². The number of rotatable bonds is 4. The molecule has 0 aromatic heterocycles. The first-order chi connectivity index (χ1) is 9.44. The quantitative estimate of drug-likeness (QED) is 0.906. The predicted molar refractivity (Wildman–Crippen MR) is 75.5 cm³/mol. The highest BCUT2D eigenvalue weighted by Gasteiger charge is 2.24. The highest BCUT2D eigenvalue weighted by Crippen LogP contribution is 2.22. The molecule has 0 saturated heterocycles. The van der Waals surface area contributed by atoms with Gasteiger partial charge in [0, 0.05) is 0 Å². The standard InChI is InChI=1S/C11H10N3O4S2/c1-2-9-12-13-11(19-9)14-20(17,18)8-6-4-3-5-7(8)10(15)16/h3-6H,2H2,1H3,(H,15,16). The van der Waals surface area contributed by atoms with Gasteiger partial charge in [-0.05, 0) is 30.3 Å². The molecule has 0 saturated carbocycles. The van der Waals surface area contributed by atoms with Gasteiger partial charge in [-0.2, -0.15) is 8.42 Å². The van der Waals surface area contributed by atoms with Gasteiger partial charge in [0.2, 0.25) is 5.17 Å². The molecule has 0 aliphatic carbocycles. The Bertz CT molecular complexity index is 710. The van der Waals surface area contributed by atoms with E-state index in [1.165, 1.54) is 24.3 Å². The maximum atomic E-state index is 12.1. The largest absolute Gasteiger partial charge is 0.478 e. The van der Waals surface area contributed by atoms with E-state index < -0.39 is 16.0 Å². The van der Waals surface area contributed by atoms with Gasteiger partial charge in [-0.1, -0.05) is 19.1 Å². The third kappa shape index (κ3) is 2.99. The molecule has 0 unspecified atom stereocenters. The van der Waals surface area contributed by atoms with Gasteiger partial charge in [-0.25, -0.2) is 4.79 Å². The van der Waals surface area contributed by atoms with Crippen LogP contribution >= 0.6 is 11.8 Å². The number of carbonyl (C=O) groups is 1. The Morgan fingerprint density at radius 2 is 2.10 bits per heavy atom. The summed E-state index contributed by atoms with van der Waals surface area (Å²) in [5.41, 5.74) is 3.32. The second-order valence-electron chi connectivity index (χ2n) is 3.70. The zero-order chi connectivity index (χ0) is 14.8. The maximum absolute atomic E-state index is 12.1. The summed E-state index contributed by atoms with van der Waals surface area (Å²) in [6.07, 6.45) is 0.624. The van der Waals surface area contributed by atoms with Gasteiger partial charge in [0.15, 0.2) is 0 Å². The first-order valence-corrected chi connectivity index (χ1v) is 7.82. The highest BCUT2D eigenvalue weighted by molar-refractivity contribution is 8.27. The minimum absolute atomic E-state index is 0.0120. The van der Waals surface area contributed by atoms with Crippen molar-refractivity contribution in [3.8, 4) is 0 Å². The van der Waals surface area contributed by atoms with Gasteiger partial charge in [0.05, 0.1) is 5.56 Å². The monoisotopic (exact) mass is 312 g/mol. The second kappa shape index (κ2) is 5.63. The Morgan fingerprint density at radius 3 is 2.70 bits per heavy atom. The molecule has 1 aromatic carbocycles. The van der Waals surface area contributed by atoms with Crippen LogP contribution in [0.1, 0.15) is 23.7 Å². The molecule has 1 radical (unpaired) electrons. The summed E-state index contributed by atoms with van der Waals surface area (Å²) in [5, 5.41) is 13.4. The van der Waals surface area contributed by atoms with E-state index in [0.29, 0.717) is 11.5 Å². The van der Waals surface area contributed by atoms with Crippen molar-refractivity contribution < 1.29 is 18.3 Å². The van der Waals surface area contributed by atoms with E-state index in [1.807, 2.05) is 6.92 Å². The number of benzene rings is 1. The van der Waals surface area contributed by atoms with Crippen LogP contribution in [0, 0.1) is 0 Å². The van der Waals surface area contributed by atoms with Crippen LogP contribution in [-0.2, 0) is 10.0 Å². The molecular formula is C11H10N3O4S2. The van der Waals surface area contributed by atoms with Crippen LogP contribution in [0.4, 0.5) is 0 Å². The molecule has 1 aliphatic heterocycles. The van der Waals surface area contributed by atoms with Crippen molar-refractivity contribution in [2.75, 3.05) is 0 Å². The zero-order valence-electron chi connectivity index (χ0n) is 10.3. The van der Waals surface area contributed by atoms with Crippen molar-refractivity contribution in [3.05, 3.63) is 29.8 Å². The fourth-order valence-corrected chi connectivity index (χ4v) is 3.43. The Hall–Kier alpha value is -1.87. The van der Waals surface area contributed by atoms with E-state index in [-0.39, 0.29) is 15.6 Å². The summed E-state index contributed by atoms with van der Waals surface area (Å²) in [6, 6.07) is 5.29. The molecule has 105 valence electrons. The van der Waals surface area contributed by atoms with Crippen LogP contribution in [0.5, 0.6) is 0 Å². The normalized spacial score (nSPS) is 16.9. The fourth-order valence-electron chi connectivity index (χ4n) is 1.44. The summed E-state index contributed by atoms with van der Waals surface area (Å²) in [4.78, 5) is 10.7. The molecule has 0 atom stereocenters. The summed E-state index contributed by atoms with van der Waals surface area (Å²) < 4.78 is 27.8. The Kier molecular flexibility index (Phi) is 4.09. The third-order valence-corrected chi connectivity index (χ3v) is 4.75. The van der Waals surface area contributed by atoms with Crippen LogP contribution < -0.4 is 5.43 Å². The third-order valence-electron chi connectivity index (χ3n) is 2.35. The van der Waals surface area contributed by atoms with Crippen LogP contribution in [0.15, 0.2) is 38.7 Å². The second-order valence-corrected chi connectivity index (χ2v) is 6.31. The summed E-state index contributed by atoms with van der Waals surface area (Å²) in [7, 11) is -4.13. The van der Waals surface area contributed by atoms with Crippen LogP contribution in [0.25, 0.3) is 0 Å². The van der Waals surface area contributed by atoms with Crippen LogP contribution in [0.2, 0.25) is 0 Å². The molecule has 9 heteroatoms.